The topological polar surface area (TPSA) is 44.4 Å². The van der Waals surface area contributed by atoms with Crippen LogP contribution in [0.1, 0.15) is 27.2 Å². The second-order valence-electron chi connectivity index (χ2n) is 5.10. The molecule has 1 aliphatic heterocycles. The van der Waals surface area contributed by atoms with E-state index in [1.165, 1.54) is 0 Å². The lowest BCUT2D eigenvalue weighted by atomic mass is 10.1. The lowest BCUT2D eigenvalue weighted by Gasteiger charge is -2.22. The summed E-state index contributed by atoms with van der Waals surface area (Å²) in [5.41, 5.74) is -0.158. The van der Waals surface area contributed by atoms with E-state index in [-0.39, 0.29) is 11.6 Å². The molecule has 0 aliphatic carbocycles. The molecule has 2 N–H and O–H groups in total. The van der Waals surface area contributed by atoms with Crippen molar-refractivity contribution in [2.75, 3.05) is 20.1 Å². The van der Waals surface area contributed by atoms with Gasteiger partial charge in [-0.15, -0.1) is 0 Å². The van der Waals surface area contributed by atoms with Gasteiger partial charge in [0.2, 0.25) is 0 Å². The monoisotopic (exact) mass is 199 g/mol. The minimum Gasteiger partial charge on any atom is -0.334 e. The van der Waals surface area contributed by atoms with Gasteiger partial charge >= 0.3 is 6.03 Å². The lowest BCUT2D eigenvalue weighted by Crippen LogP contribution is -2.50. The highest BCUT2D eigenvalue weighted by molar-refractivity contribution is 5.75. The van der Waals surface area contributed by atoms with Crippen LogP contribution in [-0.4, -0.2) is 42.6 Å². The summed E-state index contributed by atoms with van der Waals surface area (Å²) in [6.45, 7) is 7.96. The zero-order chi connectivity index (χ0) is 10.8. The molecule has 0 bridgehead atoms. The number of carbonyl (C=O) groups excluding carboxylic acids is 1. The molecule has 14 heavy (non-hydrogen) atoms. The number of amides is 2. The number of hydrogen-bond donors (Lipinski definition) is 2. The zero-order valence-corrected chi connectivity index (χ0v) is 9.55. The smallest absolute Gasteiger partial charge is 0.315 e. The van der Waals surface area contributed by atoms with Crippen LogP contribution in [0.3, 0.4) is 0 Å². The van der Waals surface area contributed by atoms with Crippen LogP contribution in [0, 0.1) is 0 Å². The maximum absolute atomic E-state index is 11.5. The zero-order valence-electron chi connectivity index (χ0n) is 9.55. The molecular formula is C10H21N3O. The summed E-state index contributed by atoms with van der Waals surface area (Å²) in [5.74, 6) is 0. The first-order chi connectivity index (χ1) is 6.37. The summed E-state index contributed by atoms with van der Waals surface area (Å²) in [6.07, 6.45) is 1.05. The molecule has 0 aromatic carbocycles. The van der Waals surface area contributed by atoms with Crippen molar-refractivity contribution >= 4 is 6.03 Å². The number of urea groups is 1. The minimum atomic E-state index is -0.158. The summed E-state index contributed by atoms with van der Waals surface area (Å²) in [5, 5.41) is 5.87. The van der Waals surface area contributed by atoms with Gasteiger partial charge in [0, 0.05) is 18.1 Å². The van der Waals surface area contributed by atoms with Gasteiger partial charge in [-0.2, -0.15) is 0 Å². The molecule has 0 radical (unpaired) electrons. The molecule has 1 unspecified atom stereocenters. The van der Waals surface area contributed by atoms with Crippen molar-refractivity contribution < 1.29 is 4.79 Å². The van der Waals surface area contributed by atoms with E-state index in [0.717, 1.165) is 19.5 Å². The highest BCUT2D eigenvalue weighted by atomic mass is 16.2. The van der Waals surface area contributed by atoms with Crippen LogP contribution in [-0.2, 0) is 0 Å². The van der Waals surface area contributed by atoms with Crippen molar-refractivity contribution in [2.45, 2.75) is 38.8 Å². The Labute approximate surface area is 86.0 Å². The van der Waals surface area contributed by atoms with E-state index in [9.17, 15) is 4.79 Å². The molecule has 82 valence electrons. The third kappa shape index (κ3) is 3.96. The van der Waals surface area contributed by atoms with Crippen LogP contribution in [0.4, 0.5) is 4.79 Å². The molecule has 2 amide bonds. The Hall–Kier alpha value is -0.770. The van der Waals surface area contributed by atoms with E-state index in [2.05, 4.69) is 22.6 Å². The van der Waals surface area contributed by atoms with Gasteiger partial charge in [-0.05, 0) is 40.8 Å². The number of hydrogen-bond acceptors (Lipinski definition) is 2. The van der Waals surface area contributed by atoms with E-state index >= 15 is 0 Å². The second kappa shape index (κ2) is 4.17. The van der Waals surface area contributed by atoms with E-state index < -0.39 is 0 Å². The quantitative estimate of drug-likeness (QED) is 0.655. The summed E-state index contributed by atoms with van der Waals surface area (Å²) < 4.78 is 0. The molecule has 1 heterocycles. The summed E-state index contributed by atoms with van der Waals surface area (Å²) in [4.78, 5) is 13.7. The maximum atomic E-state index is 11.5. The highest BCUT2D eigenvalue weighted by Gasteiger charge is 2.22. The predicted molar refractivity (Wildman–Crippen MR) is 57.3 cm³/mol. The molecule has 1 atom stereocenters. The molecule has 4 nitrogen and oxygen atoms in total. The fourth-order valence-electron chi connectivity index (χ4n) is 1.61. The van der Waals surface area contributed by atoms with E-state index in [1.54, 1.807) is 0 Å². The fraction of sp³-hybridized carbons (Fsp3) is 0.900. The van der Waals surface area contributed by atoms with E-state index in [1.807, 2.05) is 20.8 Å². The SMILES string of the molecule is CN1CCC(NC(=O)NC(C)(C)C)C1. The van der Waals surface area contributed by atoms with Gasteiger partial charge in [-0.25, -0.2) is 4.79 Å². The Bertz CT molecular complexity index is 210. The molecule has 1 aliphatic rings. The Morgan fingerprint density at radius 1 is 1.43 bits per heavy atom. The fourth-order valence-corrected chi connectivity index (χ4v) is 1.61. The number of carbonyl (C=O) groups is 1. The maximum Gasteiger partial charge on any atom is 0.315 e. The van der Waals surface area contributed by atoms with Crippen molar-refractivity contribution in [1.82, 2.24) is 15.5 Å². The van der Waals surface area contributed by atoms with Crippen molar-refractivity contribution in [1.29, 1.82) is 0 Å². The number of nitrogens with zero attached hydrogens (tertiary/aromatic N) is 1. The van der Waals surface area contributed by atoms with Crippen LogP contribution in [0.2, 0.25) is 0 Å². The van der Waals surface area contributed by atoms with E-state index in [4.69, 9.17) is 0 Å². The van der Waals surface area contributed by atoms with Crippen LogP contribution >= 0.6 is 0 Å². The first kappa shape index (κ1) is 11.3. The Morgan fingerprint density at radius 2 is 2.07 bits per heavy atom. The van der Waals surface area contributed by atoms with Crippen LogP contribution < -0.4 is 10.6 Å². The Kier molecular flexibility index (Phi) is 3.37. The Morgan fingerprint density at radius 3 is 2.50 bits per heavy atom. The molecule has 1 rings (SSSR count). The summed E-state index contributed by atoms with van der Waals surface area (Å²) >= 11 is 0. The van der Waals surface area contributed by atoms with Crippen molar-refractivity contribution in [3.63, 3.8) is 0 Å². The summed E-state index contributed by atoms with van der Waals surface area (Å²) in [6, 6.07) is 0.250. The number of rotatable bonds is 1. The van der Waals surface area contributed by atoms with Crippen LogP contribution in [0.25, 0.3) is 0 Å². The van der Waals surface area contributed by atoms with Crippen molar-refractivity contribution in [2.24, 2.45) is 0 Å². The number of likely N-dealkylation sites (N-methyl/N-ethyl adjacent to an activating group) is 1. The standard InChI is InChI=1S/C10H21N3O/c1-10(2,3)12-9(14)11-8-5-6-13(4)7-8/h8H,5-7H2,1-4H3,(H2,11,12,14). The van der Waals surface area contributed by atoms with Gasteiger partial charge in [-0.1, -0.05) is 0 Å². The van der Waals surface area contributed by atoms with Crippen molar-refractivity contribution in [3.05, 3.63) is 0 Å². The highest BCUT2D eigenvalue weighted by Crippen LogP contribution is 2.06. The molecule has 4 heteroatoms. The van der Waals surface area contributed by atoms with Crippen LogP contribution in [0.15, 0.2) is 0 Å². The molecule has 0 aromatic rings. The number of likely N-dealkylation sites (tertiary alicyclic amines) is 1. The minimum absolute atomic E-state index is 0.0576. The first-order valence-electron chi connectivity index (χ1n) is 5.14. The largest absolute Gasteiger partial charge is 0.334 e. The van der Waals surface area contributed by atoms with Gasteiger partial charge in [0.25, 0.3) is 0 Å². The Balaban J connectivity index is 2.27. The van der Waals surface area contributed by atoms with Gasteiger partial charge in [0.05, 0.1) is 0 Å². The van der Waals surface area contributed by atoms with Gasteiger partial charge in [0.15, 0.2) is 0 Å². The van der Waals surface area contributed by atoms with Gasteiger partial charge in [-0.3, -0.25) is 0 Å². The predicted octanol–water partition coefficient (Wildman–Crippen LogP) is 0.788. The lowest BCUT2D eigenvalue weighted by molar-refractivity contribution is 0.228. The third-order valence-corrected chi connectivity index (χ3v) is 2.22. The molecule has 0 saturated carbocycles. The molecular weight excluding hydrogens is 178 g/mol. The second-order valence-corrected chi connectivity index (χ2v) is 5.10. The van der Waals surface area contributed by atoms with Crippen LogP contribution in [0.5, 0.6) is 0 Å². The first-order valence-corrected chi connectivity index (χ1v) is 5.14. The number of nitrogens with one attached hydrogen (secondary N) is 2. The molecule has 0 aromatic heterocycles. The van der Waals surface area contributed by atoms with E-state index in [0.29, 0.717) is 6.04 Å². The molecule has 1 saturated heterocycles. The average molecular weight is 199 g/mol. The van der Waals surface area contributed by atoms with Gasteiger partial charge < -0.3 is 15.5 Å². The summed E-state index contributed by atoms with van der Waals surface area (Å²) in [7, 11) is 2.07. The average Bonchev–Trinajstić information content (AvgIpc) is 2.30. The molecule has 1 fully saturated rings. The third-order valence-electron chi connectivity index (χ3n) is 2.22. The normalized spacial score (nSPS) is 23.6. The molecule has 0 spiro atoms. The van der Waals surface area contributed by atoms with Gasteiger partial charge in [0.1, 0.15) is 0 Å². The van der Waals surface area contributed by atoms with Crippen molar-refractivity contribution in [3.8, 4) is 0 Å².